The predicted octanol–water partition coefficient (Wildman–Crippen LogP) is 7.88. The highest BCUT2D eigenvalue weighted by Gasteiger charge is 2.25. The number of rotatable bonds is 17. The molecule has 0 radical (unpaired) electrons. The Kier molecular flexibility index (Phi) is 13.7. The molecule has 2 heterocycles. The number of nitro benzene ring substituents is 1. The van der Waals surface area contributed by atoms with Crippen LogP contribution in [0, 0.1) is 17.0 Å². The molecule has 6 N–H and O–H groups in total. The van der Waals surface area contributed by atoms with Crippen molar-refractivity contribution in [1.29, 1.82) is 0 Å². The maximum absolute atomic E-state index is 13.1. The fourth-order valence-electron chi connectivity index (χ4n) is 6.32. The quantitative estimate of drug-likeness (QED) is 0.0166. The molecule has 0 spiro atoms. The Morgan fingerprint density at radius 2 is 1.38 bits per heavy atom. The van der Waals surface area contributed by atoms with Crippen LogP contribution in [0.2, 0.25) is 0 Å². The highest BCUT2D eigenvalue weighted by Crippen LogP contribution is 2.43. The molecule has 7 aromatic rings. The summed E-state index contributed by atoms with van der Waals surface area (Å²) in [6.45, 7) is 1.44. The number of thiazole rings is 1. The third-order valence-corrected chi connectivity index (χ3v) is 13.9. The molecular weight excluding hydrogens is 1020 g/mol. The van der Waals surface area contributed by atoms with Crippen molar-refractivity contribution in [3.63, 3.8) is 0 Å². The van der Waals surface area contributed by atoms with E-state index >= 15 is 0 Å². The lowest BCUT2D eigenvalue weighted by molar-refractivity contribution is -0.384. The second-order valence-corrected chi connectivity index (χ2v) is 21.0. The number of phenols is 1. The van der Waals surface area contributed by atoms with Gasteiger partial charge in [-0.3, -0.25) is 38.2 Å². The van der Waals surface area contributed by atoms with Crippen LogP contribution in [-0.4, -0.2) is 89.0 Å². The number of H-pyrrole nitrogens is 1. The number of nitro groups is 1. The average Bonchev–Trinajstić information content (AvgIpc) is 3.85. The van der Waals surface area contributed by atoms with Crippen LogP contribution in [0.15, 0.2) is 129 Å². The molecule has 0 unspecified atom stereocenters. The zero-order valence-electron chi connectivity index (χ0n) is 34.5. The molecular formula is C37H30N10O17S5. The van der Waals surface area contributed by atoms with Crippen LogP contribution in [0.3, 0.4) is 0 Å². The van der Waals surface area contributed by atoms with Gasteiger partial charge in [0.1, 0.15) is 38.1 Å². The molecule has 32 heteroatoms. The van der Waals surface area contributed by atoms with E-state index in [-0.39, 0.29) is 79.8 Å². The molecule has 0 aliphatic heterocycles. The number of non-ortho nitro benzene ring substituents is 1. The lowest BCUT2D eigenvalue weighted by Crippen LogP contribution is -2.14. The average molecular weight is 1050 g/mol. The molecule has 7 rings (SSSR count). The van der Waals surface area contributed by atoms with Crippen molar-refractivity contribution in [3.8, 4) is 17.2 Å². The maximum atomic E-state index is 13.1. The molecule has 69 heavy (non-hydrogen) atoms. The Morgan fingerprint density at radius 1 is 0.739 bits per heavy atom. The number of hydrogen-bond donors (Lipinski definition) is 6. The van der Waals surface area contributed by atoms with Gasteiger partial charge in [0, 0.05) is 29.0 Å². The van der Waals surface area contributed by atoms with Crippen molar-refractivity contribution >= 4 is 112 Å². The number of aromatic amines is 1. The topological polar surface area (TPSA) is 415 Å². The van der Waals surface area contributed by atoms with E-state index in [4.69, 9.17) is 9.29 Å². The van der Waals surface area contributed by atoms with Crippen LogP contribution in [0.1, 0.15) is 18.4 Å². The number of phenolic OH excluding ortho intramolecular Hbond substituents is 1. The van der Waals surface area contributed by atoms with Crippen molar-refractivity contribution in [3.05, 3.63) is 105 Å². The van der Waals surface area contributed by atoms with E-state index in [0.717, 1.165) is 52.5 Å². The fraction of sp³-hybridized carbons (Fsp3) is 0.135. The number of nitrogens with one attached hydrogen (secondary N) is 1. The Bertz CT molecular complexity index is 3850. The van der Waals surface area contributed by atoms with E-state index in [1.165, 1.54) is 36.4 Å². The van der Waals surface area contributed by atoms with Crippen LogP contribution in [0.4, 0.5) is 39.3 Å². The summed E-state index contributed by atoms with van der Waals surface area (Å²) in [5.74, 6) is -1.20. The summed E-state index contributed by atoms with van der Waals surface area (Å²) in [5, 5.41) is 48.9. The van der Waals surface area contributed by atoms with Gasteiger partial charge in [-0.1, -0.05) is 17.4 Å². The van der Waals surface area contributed by atoms with Crippen LogP contribution >= 0.6 is 11.3 Å². The number of aromatic hydroxyl groups is 1. The van der Waals surface area contributed by atoms with Crippen LogP contribution in [0.5, 0.6) is 11.5 Å². The van der Waals surface area contributed by atoms with Crippen molar-refractivity contribution in [2.45, 2.75) is 34.5 Å². The van der Waals surface area contributed by atoms with Crippen LogP contribution < -0.4 is 10.3 Å². The minimum Gasteiger partial charge on any atom is -0.505 e. The lowest BCUT2D eigenvalue weighted by Gasteiger charge is -2.11. The van der Waals surface area contributed by atoms with Gasteiger partial charge in [0.25, 0.3) is 51.7 Å². The molecule has 2 aromatic heterocycles. The molecule has 0 saturated heterocycles. The number of aromatic nitrogens is 3. The number of hydrogen-bond acceptors (Lipinski definition) is 21. The molecule has 5 aromatic carbocycles. The standard InChI is InChI=1S/C37H30N10O17S5/c1-19-14-28(30(64-12-2-3-13-66(52,53)54)17-27(19)42-45-37-39-33-31(65-37)15-21(47(50)51)16-32(33)68(58,59)60)43-40-25-10-9-24-23(34(25)48)8-11-26(35(24)69(61,62)63)41-44-29-18-38-46(36(29)49)20-4-6-22(7-5-20)67(55,56)57/h4-11,14-18,38,48H,2-3,12-13H2,1H3,(H,52,53,54)(H,55,56,57)(H,58,59,60)(H,61,62,63). The van der Waals surface area contributed by atoms with E-state index < -0.39 is 88.5 Å². The van der Waals surface area contributed by atoms with E-state index in [0.29, 0.717) is 11.6 Å². The first-order valence-corrected chi connectivity index (χ1v) is 25.7. The van der Waals surface area contributed by atoms with Crippen molar-refractivity contribution < 1.29 is 66.6 Å². The minimum atomic E-state index is -5.11. The first kappa shape index (κ1) is 49.6. The van der Waals surface area contributed by atoms with Crippen molar-refractivity contribution in [2.24, 2.45) is 30.7 Å². The van der Waals surface area contributed by atoms with Gasteiger partial charge in [-0.2, -0.15) is 33.7 Å². The number of azo groups is 3. The number of benzene rings is 5. The normalized spacial score (nSPS) is 12.9. The number of ether oxygens (including phenoxy) is 1. The molecule has 27 nitrogen and oxygen atoms in total. The highest BCUT2D eigenvalue weighted by atomic mass is 32.2. The van der Waals surface area contributed by atoms with E-state index in [2.05, 4.69) is 40.8 Å². The molecule has 0 atom stereocenters. The van der Waals surface area contributed by atoms with Gasteiger partial charge in [-0.15, -0.1) is 30.7 Å². The third-order valence-electron chi connectivity index (χ3n) is 9.51. The summed E-state index contributed by atoms with van der Waals surface area (Å²) in [7, 11) is -18.8. The van der Waals surface area contributed by atoms with Gasteiger partial charge < -0.3 is 9.84 Å². The number of nitrogens with zero attached hydrogens (tertiary/aromatic N) is 9. The molecule has 0 aliphatic rings. The van der Waals surface area contributed by atoms with E-state index in [9.17, 15) is 67.3 Å². The van der Waals surface area contributed by atoms with Gasteiger partial charge in [0.15, 0.2) is 11.4 Å². The predicted molar refractivity (Wildman–Crippen MR) is 243 cm³/mol. The second kappa shape index (κ2) is 19.0. The first-order chi connectivity index (χ1) is 32.3. The summed E-state index contributed by atoms with van der Waals surface area (Å²) in [6, 6.07) is 13.6. The number of unbranched alkanes of at least 4 members (excludes halogenated alkanes) is 1. The van der Waals surface area contributed by atoms with E-state index in [1.807, 2.05) is 0 Å². The minimum absolute atomic E-state index is 0.000256. The zero-order chi connectivity index (χ0) is 50.2. The van der Waals surface area contributed by atoms with Crippen LogP contribution in [0.25, 0.3) is 26.7 Å². The summed E-state index contributed by atoms with van der Waals surface area (Å²) >= 11 is 0.727. The van der Waals surface area contributed by atoms with Crippen molar-refractivity contribution in [2.75, 3.05) is 12.4 Å². The molecule has 0 bridgehead atoms. The summed E-state index contributed by atoms with van der Waals surface area (Å²) < 4.78 is 140. The zero-order valence-corrected chi connectivity index (χ0v) is 38.6. The van der Waals surface area contributed by atoms with Crippen LogP contribution in [-0.2, 0) is 40.5 Å². The molecule has 0 aliphatic carbocycles. The molecule has 0 amide bonds. The Morgan fingerprint density at radius 3 is 2.03 bits per heavy atom. The smallest absolute Gasteiger partial charge is 0.298 e. The Balaban J connectivity index is 1.20. The largest absolute Gasteiger partial charge is 0.505 e. The first-order valence-electron chi connectivity index (χ1n) is 19.0. The van der Waals surface area contributed by atoms with E-state index in [1.54, 1.807) is 6.92 Å². The number of aryl methyl sites for hydroxylation is 1. The monoisotopic (exact) mass is 1050 g/mol. The summed E-state index contributed by atoms with van der Waals surface area (Å²) in [4.78, 5) is 25.6. The Labute approximate surface area is 391 Å². The fourth-order valence-corrected chi connectivity index (χ4v) is 9.78. The lowest BCUT2D eigenvalue weighted by atomic mass is 10.1. The molecule has 0 saturated carbocycles. The second-order valence-electron chi connectivity index (χ2n) is 14.3. The van der Waals surface area contributed by atoms with Gasteiger partial charge in [0.2, 0.25) is 5.13 Å². The van der Waals surface area contributed by atoms with Gasteiger partial charge >= 0.3 is 0 Å². The van der Waals surface area contributed by atoms with Gasteiger partial charge in [0.05, 0.1) is 44.5 Å². The maximum Gasteiger partial charge on any atom is 0.298 e. The third kappa shape index (κ3) is 11.4. The van der Waals surface area contributed by atoms with Gasteiger partial charge in [-0.25, -0.2) is 9.67 Å². The SMILES string of the molecule is Cc1cc(N=Nc2ccc3c(S(=O)(=O)O)c(N=Nc4c[nH]n(-c5ccc(S(=O)(=O)O)cc5)c4=O)ccc3c2O)c(OCCCCS(=O)(=O)O)cc1N=Nc1nc2c(S(=O)(=O)O)cc([N+](=O)[O-])cc2s1. The summed E-state index contributed by atoms with van der Waals surface area (Å²) in [5.41, 5.74) is -2.12. The summed E-state index contributed by atoms with van der Waals surface area (Å²) in [6.07, 6.45) is 1.23. The number of fused-ring (bicyclic) bond motifs is 2. The molecule has 360 valence electrons. The Hall–Kier alpha value is -7.30. The van der Waals surface area contributed by atoms with Gasteiger partial charge in [-0.05, 0) is 73.9 Å². The highest BCUT2D eigenvalue weighted by molar-refractivity contribution is 7.86. The van der Waals surface area contributed by atoms with Crippen molar-refractivity contribution in [1.82, 2.24) is 14.8 Å². The molecule has 0 fully saturated rings.